The highest BCUT2D eigenvalue weighted by molar-refractivity contribution is 5.77. The number of rotatable bonds is 8. The van der Waals surface area contributed by atoms with Crippen LogP contribution in [-0.2, 0) is 4.79 Å². The number of carbonyl (C=O) groups is 1. The van der Waals surface area contributed by atoms with E-state index in [1.54, 1.807) is 27.3 Å². The van der Waals surface area contributed by atoms with Crippen molar-refractivity contribution in [1.82, 2.24) is 10.2 Å². The molecule has 0 aliphatic rings. The molecule has 0 bridgehead atoms. The molecule has 0 saturated heterocycles. The molecule has 0 radical (unpaired) electrons. The second kappa shape index (κ2) is 8.61. The Labute approximate surface area is 164 Å². The largest absolute Gasteiger partial charge is 0.493 e. The third-order valence-electron chi connectivity index (χ3n) is 4.61. The maximum absolute atomic E-state index is 11.9. The second-order valence-corrected chi connectivity index (χ2v) is 6.57. The summed E-state index contributed by atoms with van der Waals surface area (Å²) < 4.78 is 16.9. The first kappa shape index (κ1) is 19.5. The number of methoxy groups -OCH3 is 2. The van der Waals surface area contributed by atoms with Gasteiger partial charge < -0.3 is 14.2 Å². The molecule has 6 nitrogen and oxygen atoms in total. The van der Waals surface area contributed by atoms with E-state index in [2.05, 4.69) is 10.2 Å². The van der Waals surface area contributed by atoms with Crippen molar-refractivity contribution in [3.63, 3.8) is 0 Å². The standard InChI is InChI=1S/C22H24N2O4/c1-14(25)11-17(18-13-23-24-15(18)2)16-9-10-21(22(12-16)27-4)28-20-8-6-5-7-19(20)26-3/h5-10,12-13,17H,11H2,1-4H3,(H,23,24). The summed E-state index contributed by atoms with van der Waals surface area (Å²) in [7, 11) is 3.19. The van der Waals surface area contributed by atoms with Gasteiger partial charge in [-0.2, -0.15) is 5.10 Å². The second-order valence-electron chi connectivity index (χ2n) is 6.57. The first-order chi connectivity index (χ1) is 13.5. The first-order valence-electron chi connectivity index (χ1n) is 9.01. The van der Waals surface area contributed by atoms with Crippen LogP contribution in [0.15, 0.2) is 48.7 Å². The molecule has 1 atom stereocenters. The van der Waals surface area contributed by atoms with Gasteiger partial charge in [0.05, 0.1) is 20.4 Å². The van der Waals surface area contributed by atoms with E-state index >= 15 is 0 Å². The van der Waals surface area contributed by atoms with Crippen molar-refractivity contribution < 1.29 is 19.0 Å². The van der Waals surface area contributed by atoms with Gasteiger partial charge in [0.15, 0.2) is 23.0 Å². The van der Waals surface area contributed by atoms with Crippen molar-refractivity contribution in [2.24, 2.45) is 0 Å². The van der Waals surface area contributed by atoms with E-state index < -0.39 is 0 Å². The van der Waals surface area contributed by atoms with Crippen LogP contribution in [0.5, 0.6) is 23.0 Å². The number of aryl methyl sites for hydroxylation is 1. The molecular formula is C22H24N2O4. The Hall–Kier alpha value is -3.28. The van der Waals surface area contributed by atoms with Gasteiger partial charge in [0.25, 0.3) is 0 Å². The Morgan fingerprint density at radius 2 is 1.71 bits per heavy atom. The van der Waals surface area contributed by atoms with E-state index in [-0.39, 0.29) is 11.7 Å². The fraction of sp³-hybridized carbons (Fsp3) is 0.273. The Balaban J connectivity index is 1.97. The van der Waals surface area contributed by atoms with Crippen LogP contribution in [0.1, 0.15) is 36.1 Å². The third kappa shape index (κ3) is 4.17. The predicted molar refractivity (Wildman–Crippen MR) is 107 cm³/mol. The van der Waals surface area contributed by atoms with Gasteiger partial charge in [0.1, 0.15) is 5.78 Å². The number of hydrogen-bond donors (Lipinski definition) is 1. The molecule has 28 heavy (non-hydrogen) atoms. The van der Waals surface area contributed by atoms with Crippen LogP contribution in [0.25, 0.3) is 0 Å². The molecule has 0 spiro atoms. The normalized spacial score (nSPS) is 11.7. The summed E-state index contributed by atoms with van der Waals surface area (Å²) in [5.41, 5.74) is 2.90. The van der Waals surface area contributed by atoms with Crippen molar-refractivity contribution in [2.75, 3.05) is 14.2 Å². The van der Waals surface area contributed by atoms with Gasteiger partial charge in [-0.3, -0.25) is 9.89 Å². The molecule has 1 unspecified atom stereocenters. The summed E-state index contributed by atoms with van der Waals surface area (Å²) in [4.78, 5) is 11.9. The lowest BCUT2D eigenvalue weighted by Crippen LogP contribution is -2.07. The summed E-state index contributed by atoms with van der Waals surface area (Å²) in [6.45, 7) is 3.55. The number of para-hydroxylation sites is 2. The Morgan fingerprint density at radius 1 is 1.04 bits per heavy atom. The molecule has 0 aliphatic carbocycles. The number of ether oxygens (including phenoxy) is 3. The Morgan fingerprint density at radius 3 is 2.32 bits per heavy atom. The van der Waals surface area contributed by atoms with Gasteiger partial charge >= 0.3 is 0 Å². The highest BCUT2D eigenvalue weighted by atomic mass is 16.5. The number of H-pyrrole nitrogens is 1. The number of aromatic nitrogens is 2. The molecule has 2 aromatic carbocycles. The van der Waals surface area contributed by atoms with E-state index in [0.29, 0.717) is 29.4 Å². The molecule has 0 amide bonds. The van der Waals surface area contributed by atoms with E-state index in [1.807, 2.05) is 49.4 Å². The molecule has 0 aliphatic heterocycles. The van der Waals surface area contributed by atoms with E-state index in [4.69, 9.17) is 14.2 Å². The number of nitrogens with one attached hydrogen (secondary N) is 1. The lowest BCUT2D eigenvalue weighted by molar-refractivity contribution is -0.117. The summed E-state index contributed by atoms with van der Waals surface area (Å²) in [5, 5.41) is 7.05. The highest BCUT2D eigenvalue weighted by Gasteiger charge is 2.21. The van der Waals surface area contributed by atoms with Gasteiger partial charge in [-0.25, -0.2) is 0 Å². The first-order valence-corrected chi connectivity index (χ1v) is 9.01. The number of ketones is 1. The Bertz CT molecular complexity index is 965. The molecule has 6 heteroatoms. The molecule has 3 aromatic rings. The highest BCUT2D eigenvalue weighted by Crippen LogP contribution is 2.39. The van der Waals surface area contributed by atoms with Gasteiger partial charge in [0, 0.05) is 23.6 Å². The number of aromatic amines is 1. The third-order valence-corrected chi connectivity index (χ3v) is 4.61. The lowest BCUT2D eigenvalue weighted by atomic mass is 9.87. The number of nitrogens with zero attached hydrogens (tertiary/aromatic N) is 1. The van der Waals surface area contributed by atoms with Gasteiger partial charge in [-0.05, 0) is 43.7 Å². The zero-order valence-corrected chi connectivity index (χ0v) is 16.5. The van der Waals surface area contributed by atoms with Crippen LogP contribution in [-0.4, -0.2) is 30.2 Å². The quantitative estimate of drug-likeness (QED) is 0.616. The number of carbonyl (C=O) groups excluding carboxylic acids is 1. The van der Waals surface area contributed by atoms with Gasteiger partial charge in [-0.1, -0.05) is 18.2 Å². The van der Waals surface area contributed by atoms with Crippen molar-refractivity contribution in [3.05, 3.63) is 65.5 Å². The van der Waals surface area contributed by atoms with Gasteiger partial charge in [-0.15, -0.1) is 0 Å². The zero-order chi connectivity index (χ0) is 20.1. The molecule has 0 saturated carbocycles. The summed E-state index contributed by atoms with van der Waals surface area (Å²) >= 11 is 0. The monoisotopic (exact) mass is 380 g/mol. The van der Waals surface area contributed by atoms with E-state index in [9.17, 15) is 4.79 Å². The maximum Gasteiger partial charge on any atom is 0.169 e. The molecule has 146 valence electrons. The summed E-state index contributed by atoms with van der Waals surface area (Å²) in [6.07, 6.45) is 2.16. The molecule has 1 heterocycles. The topological polar surface area (TPSA) is 73.4 Å². The number of benzene rings is 2. The zero-order valence-electron chi connectivity index (χ0n) is 16.5. The van der Waals surface area contributed by atoms with Crippen LogP contribution in [0.2, 0.25) is 0 Å². The fourth-order valence-corrected chi connectivity index (χ4v) is 3.21. The SMILES string of the molecule is COc1ccccc1Oc1ccc(C(CC(C)=O)c2cn[nH]c2C)cc1OC. The minimum Gasteiger partial charge on any atom is -0.493 e. The average Bonchev–Trinajstić information content (AvgIpc) is 3.12. The van der Waals surface area contributed by atoms with Gasteiger partial charge in [0.2, 0.25) is 0 Å². The van der Waals surface area contributed by atoms with Crippen molar-refractivity contribution >= 4 is 5.78 Å². The Kier molecular flexibility index (Phi) is 5.99. The number of Topliss-reactive ketones (excluding diaryl/α,β-unsaturated/α-hetero) is 1. The molecule has 1 aromatic heterocycles. The molecular weight excluding hydrogens is 356 g/mol. The van der Waals surface area contributed by atoms with Crippen molar-refractivity contribution in [3.8, 4) is 23.0 Å². The summed E-state index contributed by atoms with van der Waals surface area (Å²) in [6, 6.07) is 13.1. The minimum absolute atomic E-state index is 0.106. The smallest absolute Gasteiger partial charge is 0.169 e. The van der Waals surface area contributed by atoms with Crippen LogP contribution in [0.3, 0.4) is 0 Å². The van der Waals surface area contributed by atoms with Crippen molar-refractivity contribution in [1.29, 1.82) is 0 Å². The maximum atomic E-state index is 11.9. The number of hydrogen-bond acceptors (Lipinski definition) is 5. The molecule has 0 fully saturated rings. The minimum atomic E-state index is -0.106. The van der Waals surface area contributed by atoms with E-state index in [1.165, 1.54) is 0 Å². The molecule has 1 N–H and O–H groups in total. The van der Waals surface area contributed by atoms with Crippen LogP contribution < -0.4 is 14.2 Å². The van der Waals surface area contributed by atoms with Crippen molar-refractivity contribution in [2.45, 2.75) is 26.2 Å². The van der Waals surface area contributed by atoms with E-state index in [0.717, 1.165) is 16.8 Å². The fourth-order valence-electron chi connectivity index (χ4n) is 3.21. The molecule has 3 rings (SSSR count). The van der Waals surface area contributed by atoms with Crippen LogP contribution in [0.4, 0.5) is 0 Å². The van der Waals surface area contributed by atoms with Crippen LogP contribution in [0, 0.1) is 6.92 Å². The van der Waals surface area contributed by atoms with Crippen LogP contribution >= 0.6 is 0 Å². The summed E-state index contributed by atoms with van der Waals surface area (Å²) in [5.74, 6) is 2.39. The average molecular weight is 380 g/mol. The lowest BCUT2D eigenvalue weighted by Gasteiger charge is -2.19. The predicted octanol–water partition coefficient (Wildman–Crippen LogP) is 4.64.